The summed E-state index contributed by atoms with van der Waals surface area (Å²) in [4.78, 5) is 16.4. The number of rotatable bonds is 2. The molecule has 4 heteroatoms. The second kappa shape index (κ2) is 4.97. The van der Waals surface area contributed by atoms with Crippen molar-refractivity contribution in [2.45, 2.75) is 19.3 Å². The number of benzene rings is 2. The molecule has 0 fully saturated rings. The maximum absolute atomic E-state index is 12.3. The minimum absolute atomic E-state index is 0.0803. The number of aromatic nitrogens is 1. The fourth-order valence-electron chi connectivity index (χ4n) is 2.80. The summed E-state index contributed by atoms with van der Waals surface area (Å²) in [6, 6.07) is 11.7. The van der Waals surface area contributed by atoms with E-state index in [0.29, 0.717) is 5.56 Å². The number of nitrogens with zero attached hydrogens (tertiary/aromatic N) is 1. The molecule has 21 heavy (non-hydrogen) atoms. The molecule has 1 amide bonds. The van der Waals surface area contributed by atoms with Crippen molar-refractivity contribution in [3.05, 3.63) is 58.6 Å². The third kappa shape index (κ3) is 2.32. The molecule has 1 N–H and O–H groups in total. The number of aryl methyl sites for hydroxylation is 2. The van der Waals surface area contributed by atoms with Gasteiger partial charge in [-0.3, -0.25) is 4.79 Å². The van der Waals surface area contributed by atoms with E-state index in [1.54, 1.807) is 6.07 Å². The van der Waals surface area contributed by atoms with Crippen LogP contribution in [0.2, 0.25) is 0 Å². The first-order valence-electron chi connectivity index (χ1n) is 6.99. The largest absolute Gasteiger partial charge is 0.322 e. The Balaban J connectivity index is 1.60. The lowest BCUT2D eigenvalue weighted by molar-refractivity contribution is 0.102. The van der Waals surface area contributed by atoms with E-state index in [4.69, 9.17) is 0 Å². The minimum atomic E-state index is -0.0803. The maximum atomic E-state index is 12.3. The number of thiazole rings is 1. The number of hydrogen-bond acceptors (Lipinski definition) is 3. The van der Waals surface area contributed by atoms with Crippen molar-refractivity contribution in [3.8, 4) is 0 Å². The standard InChI is InChI=1S/C17H13N2OS/c20-17(13-5-7-15-16(9-13)21-10-18-15)19-14-6-4-11-2-1-3-12(11)8-14/h4-9H,1-3H2,(H,19,20). The van der Waals surface area contributed by atoms with Crippen molar-refractivity contribution in [1.82, 2.24) is 4.98 Å². The third-order valence-electron chi connectivity index (χ3n) is 3.90. The lowest BCUT2D eigenvalue weighted by Crippen LogP contribution is -2.11. The summed E-state index contributed by atoms with van der Waals surface area (Å²) in [5, 5.41) is 2.98. The van der Waals surface area contributed by atoms with Crippen LogP contribution in [0.3, 0.4) is 0 Å². The summed E-state index contributed by atoms with van der Waals surface area (Å²) in [7, 11) is 0. The molecule has 0 saturated heterocycles. The lowest BCUT2D eigenvalue weighted by atomic mass is 10.1. The Morgan fingerprint density at radius 1 is 1.14 bits per heavy atom. The number of nitrogens with one attached hydrogen (secondary N) is 1. The molecule has 103 valence electrons. The van der Waals surface area contributed by atoms with Gasteiger partial charge in [0.05, 0.1) is 10.2 Å². The van der Waals surface area contributed by atoms with Crippen LogP contribution in [0.5, 0.6) is 0 Å². The Morgan fingerprint density at radius 3 is 3.00 bits per heavy atom. The van der Waals surface area contributed by atoms with Crippen LogP contribution in [-0.4, -0.2) is 10.9 Å². The van der Waals surface area contributed by atoms with Crippen molar-refractivity contribution in [2.75, 3.05) is 5.32 Å². The van der Waals surface area contributed by atoms with E-state index in [0.717, 1.165) is 28.7 Å². The molecule has 0 atom stereocenters. The van der Waals surface area contributed by atoms with Crippen molar-refractivity contribution in [2.24, 2.45) is 0 Å². The SMILES string of the molecule is O=C(Nc1ccc2c(c1)CCC2)c1ccc2n[c]sc2c1. The molecule has 1 aliphatic carbocycles. The highest BCUT2D eigenvalue weighted by atomic mass is 32.1. The van der Waals surface area contributed by atoms with Gasteiger partial charge in [0.1, 0.15) is 0 Å². The number of anilines is 1. The number of carbonyl (C=O) groups is 1. The average molecular weight is 293 g/mol. The lowest BCUT2D eigenvalue weighted by Gasteiger charge is -2.07. The van der Waals surface area contributed by atoms with E-state index in [-0.39, 0.29) is 5.91 Å². The fraction of sp³-hybridized carbons (Fsp3) is 0.176. The molecule has 4 rings (SSSR count). The molecule has 2 aromatic carbocycles. The van der Waals surface area contributed by atoms with Gasteiger partial charge < -0.3 is 5.32 Å². The first-order valence-corrected chi connectivity index (χ1v) is 7.81. The summed E-state index contributed by atoms with van der Waals surface area (Å²) in [5.74, 6) is -0.0803. The Labute approximate surface area is 126 Å². The molecule has 1 aromatic heterocycles. The first kappa shape index (κ1) is 12.5. The second-order valence-corrected chi connectivity index (χ2v) is 6.11. The highest BCUT2D eigenvalue weighted by molar-refractivity contribution is 7.16. The molecule has 0 unspecified atom stereocenters. The van der Waals surface area contributed by atoms with Crippen molar-refractivity contribution in [3.63, 3.8) is 0 Å². The molecule has 1 radical (unpaired) electrons. The smallest absolute Gasteiger partial charge is 0.255 e. The summed E-state index contributed by atoms with van der Waals surface area (Å²) in [6.07, 6.45) is 3.48. The van der Waals surface area contributed by atoms with Crippen LogP contribution >= 0.6 is 11.3 Å². The second-order valence-electron chi connectivity index (χ2n) is 5.28. The highest BCUT2D eigenvalue weighted by Crippen LogP contribution is 2.25. The molecule has 0 aliphatic heterocycles. The summed E-state index contributed by atoms with van der Waals surface area (Å²) in [5.41, 5.74) is 8.02. The molecular weight excluding hydrogens is 280 g/mol. The van der Waals surface area contributed by atoms with Gasteiger partial charge in [-0.2, -0.15) is 0 Å². The van der Waals surface area contributed by atoms with Crippen molar-refractivity contribution >= 4 is 33.1 Å². The zero-order valence-electron chi connectivity index (χ0n) is 11.3. The Kier molecular flexibility index (Phi) is 2.97. The molecule has 0 bridgehead atoms. The van der Waals surface area contributed by atoms with Gasteiger partial charge in [-0.1, -0.05) is 6.07 Å². The highest BCUT2D eigenvalue weighted by Gasteiger charge is 2.13. The van der Waals surface area contributed by atoms with Crippen LogP contribution < -0.4 is 5.32 Å². The van der Waals surface area contributed by atoms with Crippen LogP contribution in [-0.2, 0) is 12.8 Å². The molecule has 3 aromatic rings. The molecular formula is C17H13N2OS. The molecule has 1 heterocycles. The van der Waals surface area contributed by atoms with E-state index in [1.165, 1.54) is 28.9 Å². The van der Waals surface area contributed by atoms with Gasteiger partial charge >= 0.3 is 0 Å². The average Bonchev–Trinajstić information content (AvgIpc) is 3.14. The molecule has 0 spiro atoms. The van der Waals surface area contributed by atoms with Gasteiger partial charge in [0.25, 0.3) is 5.91 Å². The zero-order valence-corrected chi connectivity index (χ0v) is 12.2. The van der Waals surface area contributed by atoms with Crippen LogP contribution in [0.25, 0.3) is 10.2 Å². The molecule has 0 saturated carbocycles. The van der Waals surface area contributed by atoms with E-state index < -0.39 is 0 Å². The number of carbonyl (C=O) groups excluding carboxylic acids is 1. The topological polar surface area (TPSA) is 42.0 Å². The summed E-state index contributed by atoms with van der Waals surface area (Å²) in [6.45, 7) is 0. The van der Waals surface area contributed by atoms with E-state index >= 15 is 0 Å². The van der Waals surface area contributed by atoms with Crippen molar-refractivity contribution in [1.29, 1.82) is 0 Å². The Bertz CT molecular complexity index is 838. The predicted molar refractivity (Wildman–Crippen MR) is 84.9 cm³/mol. The fourth-order valence-corrected chi connectivity index (χ4v) is 3.45. The normalized spacial score (nSPS) is 13.3. The van der Waals surface area contributed by atoms with E-state index in [2.05, 4.69) is 27.9 Å². The Hall–Kier alpha value is -2.20. The van der Waals surface area contributed by atoms with Gasteiger partial charge in [-0.05, 0) is 60.7 Å². The maximum Gasteiger partial charge on any atom is 0.255 e. The van der Waals surface area contributed by atoms with Gasteiger partial charge in [0.2, 0.25) is 0 Å². The van der Waals surface area contributed by atoms with Gasteiger partial charge in [-0.25, -0.2) is 4.98 Å². The van der Waals surface area contributed by atoms with E-state index in [9.17, 15) is 4.79 Å². The van der Waals surface area contributed by atoms with Crippen LogP contribution in [0.1, 0.15) is 27.9 Å². The van der Waals surface area contributed by atoms with Gasteiger partial charge in [-0.15, -0.1) is 11.3 Å². The summed E-state index contributed by atoms with van der Waals surface area (Å²) < 4.78 is 0.983. The van der Waals surface area contributed by atoms with Crippen LogP contribution in [0.4, 0.5) is 5.69 Å². The minimum Gasteiger partial charge on any atom is -0.322 e. The third-order valence-corrected chi connectivity index (χ3v) is 4.63. The molecule has 1 aliphatic rings. The van der Waals surface area contributed by atoms with Crippen LogP contribution in [0, 0.1) is 5.51 Å². The Morgan fingerprint density at radius 2 is 2.05 bits per heavy atom. The van der Waals surface area contributed by atoms with E-state index in [1.807, 2.05) is 18.2 Å². The number of fused-ring (bicyclic) bond motifs is 2. The number of hydrogen-bond donors (Lipinski definition) is 1. The van der Waals surface area contributed by atoms with Crippen LogP contribution in [0.15, 0.2) is 36.4 Å². The number of amides is 1. The monoisotopic (exact) mass is 293 g/mol. The van der Waals surface area contributed by atoms with Gasteiger partial charge in [0, 0.05) is 11.3 Å². The summed E-state index contributed by atoms with van der Waals surface area (Å²) >= 11 is 1.43. The zero-order chi connectivity index (χ0) is 14.2. The quantitative estimate of drug-likeness (QED) is 0.780. The van der Waals surface area contributed by atoms with Gasteiger partial charge in [0.15, 0.2) is 5.51 Å². The predicted octanol–water partition coefficient (Wildman–Crippen LogP) is 3.84. The molecule has 3 nitrogen and oxygen atoms in total. The first-order chi connectivity index (χ1) is 10.3. The van der Waals surface area contributed by atoms with Crippen molar-refractivity contribution < 1.29 is 4.79 Å².